The van der Waals surface area contributed by atoms with Crippen molar-refractivity contribution in [1.82, 2.24) is 34.6 Å². The summed E-state index contributed by atoms with van der Waals surface area (Å²) in [7, 11) is -3.56. The van der Waals surface area contributed by atoms with Gasteiger partial charge in [0.15, 0.2) is 11.0 Å². The Morgan fingerprint density at radius 1 is 0.975 bits per heavy atom. The number of amides is 2. The van der Waals surface area contributed by atoms with Crippen molar-refractivity contribution in [2.45, 2.75) is 36.4 Å². The van der Waals surface area contributed by atoms with E-state index in [2.05, 4.69) is 31.0 Å². The van der Waals surface area contributed by atoms with E-state index in [1.165, 1.54) is 51.7 Å². The number of carbonyl (C=O) groups excluding carboxylic acids is 2. The van der Waals surface area contributed by atoms with Gasteiger partial charge in [0.05, 0.1) is 17.2 Å². The largest absolute Gasteiger partial charge is 0.345 e. The molecule has 208 valence electrons. The van der Waals surface area contributed by atoms with Gasteiger partial charge in [0.25, 0.3) is 5.91 Å². The van der Waals surface area contributed by atoms with Crippen LogP contribution in [-0.4, -0.2) is 68.3 Å². The summed E-state index contributed by atoms with van der Waals surface area (Å²) in [5, 5.41) is 23.5. The zero-order chi connectivity index (χ0) is 28.1. The van der Waals surface area contributed by atoms with Gasteiger partial charge in [-0.15, -0.1) is 20.4 Å². The maximum absolute atomic E-state index is 12.9. The van der Waals surface area contributed by atoms with Crippen molar-refractivity contribution in [1.29, 1.82) is 0 Å². The van der Waals surface area contributed by atoms with E-state index in [1.807, 2.05) is 30.3 Å². The van der Waals surface area contributed by atoms with Crippen molar-refractivity contribution in [3.05, 3.63) is 71.0 Å². The molecule has 0 unspecified atom stereocenters. The number of nitrogens with zero attached hydrogens (tertiary/aromatic N) is 6. The van der Waals surface area contributed by atoms with Crippen molar-refractivity contribution in [3.63, 3.8) is 0 Å². The van der Waals surface area contributed by atoms with Crippen LogP contribution in [0, 0.1) is 6.92 Å². The van der Waals surface area contributed by atoms with Crippen LogP contribution in [0.2, 0.25) is 0 Å². The van der Waals surface area contributed by atoms with E-state index in [0.29, 0.717) is 34.8 Å². The second-order valence-corrected chi connectivity index (χ2v) is 12.9. The van der Waals surface area contributed by atoms with E-state index in [1.54, 1.807) is 11.5 Å². The number of sulfonamides is 1. The number of carbonyl (C=O) groups is 2. The fraction of sp³-hybridized carbons (Fsp3) is 0.280. The van der Waals surface area contributed by atoms with Crippen LogP contribution in [0.5, 0.6) is 0 Å². The lowest BCUT2D eigenvalue weighted by molar-refractivity contribution is -0.113. The summed E-state index contributed by atoms with van der Waals surface area (Å²) < 4.78 is 28.8. The number of thioether (sulfide) groups is 1. The number of para-hydroxylation sites is 1. The van der Waals surface area contributed by atoms with Gasteiger partial charge in [-0.2, -0.15) is 4.31 Å². The maximum Gasteiger partial charge on any atom is 0.251 e. The molecule has 1 fully saturated rings. The second-order valence-electron chi connectivity index (χ2n) is 8.85. The number of hydrogen-bond acceptors (Lipinski definition) is 10. The van der Waals surface area contributed by atoms with E-state index in [9.17, 15) is 18.0 Å². The highest BCUT2D eigenvalue weighted by Gasteiger charge is 2.27. The van der Waals surface area contributed by atoms with Gasteiger partial charge < -0.3 is 5.32 Å². The van der Waals surface area contributed by atoms with Crippen LogP contribution < -0.4 is 10.6 Å². The highest BCUT2D eigenvalue weighted by atomic mass is 32.2. The molecule has 3 heterocycles. The van der Waals surface area contributed by atoms with Gasteiger partial charge in [0, 0.05) is 24.3 Å². The third kappa shape index (κ3) is 6.38. The van der Waals surface area contributed by atoms with Crippen molar-refractivity contribution in [2.24, 2.45) is 0 Å². The summed E-state index contributed by atoms with van der Waals surface area (Å²) in [6, 6.07) is 15.3. The summed E-state index contributed by atoms with van der Waals surface area (Å²) in [4.78, 5) is 25.5. The second kappa shape index (κ2) is 12.2. The van der Waals surface area contributed by atoms with Crippen LogP contribution in [-0.2, 0) is 21.4 Å². The normalized spacial score (nSPS) is 13.8. The van der Waals surface area contributed by atoms with Crippen LogP contribution in [0.3, 0.4) is 0 Å². The molecule has 0 saturated carbocycles. The van der Waals surface area contributed by atoms with E-state index in [0.717, 1.165) is 23.5 Å². The Balaban J connectivity index is 1.26. The molecule has 40 heavy (non-hydrogen) atoms. The molecule has 1 saturated heterocycles. The van der Waals surface area contributed by atoms with Gasteiger partial charge >= 0.3 is 0 Å². The fourth-order valence-electron chi connectivity index (χ4n) is 4.09. The predicted molar refractivity (Wildman–Crippen MR) is 151 cm³/mol. The Morgan fingerprint density at radius 2 is 1.70 bits per heavy atom. The molecule has 4 aromatic rings. The summed E-state index contributed by atoms with van der Waals surface area (Å²) in [6.07, 6.45) is 1.70. The topological polar surface area (TPSA) is 152 Å². The van der Waals surface area contributed by atoms with Crippen LogP contribution in [0.15, 0.2) is 64.6 Å². The van der Waals surface area contributed by atoms with Gasteiger partial charge in [-0.1, -0.05) is 41.3 Å². The molecular formula is C25H26N8O4S3. The van der Waals surface area contributed by atoms with Crippen molar-refractivity contribution < 1.29 is 18.0 Å². The molecule has 5 rings (SSSR count). The van der Waals surface area contributed by atoms with Crippen LogP contribution in [0.4, 0.5) is 5.13 Å². The lowest BCUT2D eigenvalue weighted by Gasteiger charge is -2.15. The first-order valence-electron chi connectivity index (χ1n) is 12.4. The lowest BCUT2D eigenvalue weighted by atomic mass is 10.2. The van der Waals surface area contributed by atoms with E-state index < -0.39 is 10.0 Å². The molecule has 2 aromatic carbocycles. The average molecular weight is 599 g/mol. The molecular weight excluding hydrogens is 573 g/mol. The van der Waals surface area contributed by atoms with Gasteiger partial charge in [-0.25, -0.2) is 8.42 Å². The lowest BCUT2D eigenvalue weighted by Crippen LogP contribution is -2.28. The molecule has 1 aliphatic rings. The highest BCUT2D eigenvalue weighted by molar-refractivity contribution is 7.99. The molecule has 1 aliphatic heterocycles. The quantitative estimate of drug-likeness (QED) is 0.263. The first-order chi connectivity index (χ1) is 19.3. The number of benzene rings is 2. The number of aromatic nitrogens is 5. The summed E-state index contributed by atoms with van der Waals surface area (Å²) in [6.45, 7) is 2.90. The van der Waals surface area contributed by atoms with Crippen molar-refractivity contribution >= 4 is 50.1 Å². The van der Waals surface area contributed by atoms with Gasteiger partial charge in [0.2, 0.25) is 21.1 Å². The van der Waals surface area contributed by atoms with Crippen LogP contribution in [0.1, 0.15) is 34.0 Å². The highest BCUT2D eigenvalue weighted by Crippen LogP contribution is 2.24. The SMILES string of the molecule is Cc1nnc(NC(=O)CSc2nnc(CNC(=O)c3ccc(S(=O)(=O)N4CCCC4)cc3)n2-c2ccccc2)s1. The standard InChI is InChI=1S/C25H26N8O4S3/c1-17-28-30-24(39-17)27-22(34)16-38-25-31-29-21(33(25)19-7-3-2-4-8-19)15-26-23(35)18-9-11-20(12-10-18)40(36,37)32-13-5-6-14-32/h2-4,7-12H,5-6,13-16H2,1H3,(H,26,35)(H,27,30,34). The van der Waals surface area contributed by atoms with Crippen molar-refractivity contribution in [2.75, 3.05) is 24.2 Å². The number of aryl methyl sites for hydroxylation is 1. The number of rotatable bonds is 10. The minimum absolute atomic E-state index is 0.0609. The average Bonchev–Trinajstić information content (AvgIpc) is 3.73. The third-order valence-corrected chi connectivity index (χ3v) is 9.64. The van der Waals surface area contributed by atoms with Gasteiger partial charge in [-0.3, -0.25) is 19.5 Å². The monoisotopic (exact) mass is 598 g/mol. The molecule has 12 nitrogen and oxygen atoms in total. The third-order valence-electron chi connectivity index (χ3n) is 6.05. The molecule has 15 heteroatoms. The molecule has 0 radical (unpaired) electrons. The van der Waals surface area contributed by atoms with Crippen LogP contribution >= 0.6 is 23.1 Å². The summed E-state index contributed by atoms with van der Waals surface area (Å²) >= 11 is 2.49. The number of anilines is 1. The zero-order valence-corrected chi connectivity index (χ0v) is 23.9. The Hall–Kier alpha value is -3.66. The van der Waals surface area contributed by atoms with Crippen molar-refractivity contribution in [3.8, 4) is 5.69 Å². The maximum atomic E-state index is 12.9. The first-order valence-corrected chi connectivity index (χ1v) is 15.7. The Labute approximate surface area is 239 Å². The smallest absolute Gasteiger partial charge is 0.251 e. The summed E-state index contributed by atoms with van der Waals surface area (Å²) in [5.74, 6) is -0.0965. The molecule has 0 bridgehead atoms. The number of nitrogens with one attached hydrogen (secondary N) is 2. The minimum atomic E-state index is -3.56. The van der Waals surface area contributed by atoms with E-state index in [-0.39, 0.29) is 29.0 Å². The van der Waals surface area contributed by atoms with Gasteiger partial charge in [0.1, 0.15) is 5.01 Å². The molecule has 2 aromatic heterocycles. The Morgan fingerprint density at radius 3 is 2.38 bits per heavy atom. The Kier molecular flexibility index (Phi) is 8.54. The van der Waals surface area contributed by atoms with Crippen LogP contribution in [0.25, 0.3) is 5.69 Å². The fourth-order valence-corrected chi connectivity index (χ4v) is 6.99. The first kappa shape index (κ1) is 27.9. The van der Waals surface area contributed by atoms with E-state index in [4.69, 9.17) is 0 Å². The molecule has 0 spiro atoms. The Bertz CT molecular complexity index is 1600. The summed E-state index contributed by atoms with van der Waals surface area (Å²) in [5.41, 5.74) is 1.10. The molecule has 0 aliphatic carbocycles. The molecule has 2 amide bonds. The zero-order valence-electron chi connectivity index (χ0n) is 21.5. The molecule has 0 atom stereocenters. The van der Waals surface area contributed by atoms with Gasteiger partial charge in [-0.05, 0) is 56.2 Å². The number of hydrogen-bond donors (Lipinski definition) is 2. The predicted octanol–water partition coefficient (Wildman–Crippen LogP) is 2.87. The van der Waals surface area contributed by atoms with E-state index >= 15 is 0 Å². The minimum Gasteiger partial charge on any atom is -0.345 e. The molecule has 2 N–H and O–H groups in total.